The van der Waals surface area contributed by atoms with Crippen molar-refractivity contribution in [2.45, 2.75) is 58.7 Å². The number of halogens is 3. The lowest BCUT2D eigenvalue weighted by atomic mass is 10.1. The number of hydrogen-bond donors (Lipinski definition) is 1. The van der Waals surface area contributed by atoms with Gasteiger partial charge in [-0.1, -0.05) is 36.7 Å². The largest absolute Gasteiger partial charge is 0.352 e. The molecule has 36 heavy (non-hydrogen) atoms. The number of carbonyl (C=O) groups excluding carboxylic acids is 2. The summed E-state index contributed by atoms with van der Waals surface area (Å²) in [6, 6.07) is 8.91. The standard InChI is InChI=1S/C25H32ClF2N3O4S/c1-5-17(2)29-25(33)18(3)30(16-19-9-6-7-10-21(19)26)24(32)11-8-14-31(36(4,34)35)20-12-13-22(27)23(28)15-20/h6-7,9-10,12-13,15,17-18H,5,8,11,14,16H2,1-4H3,(H,29,33)/t17-,18-/m0/s1. The Morgan fingerprint density at radius 3 is 2.33 bits per heavy atom. The number of benzene rings is 2. The Morgan fingerprint density at radius 1 is 1.08 bits per heavy atom. The smallest absolute Gasteiger partial charge is 0.242 e. The van der Waals surface area contributed by atoms with Crippen molar-refractivity contribution in [2.24, 2.45) is 0 Å². The number of hydrogen-bond acceptors (Lipinski definition) is 4. The fraction of sp³-hybridized carbons (Fsp3) is 0.440. The van der Waals surface area contributed by atoms with E-state index >= 15 is 0 Å². The molecule has 0 saturated carbocycles. The molecule has 11 heteroatoms. The van der Waals surface area contributed by atoms with E-state index in [2.05, 4.69) is 5.32 Å². The average molecular weight is 544 g/mol. The summed E-state index contributed by atoms with van der Waals surface area (Å²) in [5.41, 5.74) is 0.619. The van der Waals surface area contributed by atoms with Crippen LogP contribution in [0.25, 0.3) is 0 Å². The maximum absolute atomic E-state index is 13.7. The van der Waals surface area contributed by atoms with Gasteiger partial charge in [-0.3, -0.25) is 13.9 Å². The molecule has 198 valence electrons. The van der Waals surface area contributed by atoms with Crippen LogP contribution in [0, 0.1) is 11.6 Å². The molecule has 0 aliphatic heterocycles. The highest BCUT2D eigenvalue weighted by atomic mass is 35.5. The molecule has 0 aliphatic rings. The van der Waals surface area contributed by atoms with Crippen molar-refractivity contribution in [3.63, 3.8) is 0 Å². The summed E-state index contributed by atoms with van der Waals surface area (Å²) in [6.07, 6.45) is 1.67. The van der Waals surface area contributed by atoms with Crippen LogP contribution in [0.3, 0.4) is 0 Å². The van der Waals surface area contributed by atoms with Gasteiger partial charge in [-0.05, 0) is 50.5 Å². The van der Waals surface area contributed by atoms with Crippen molar-refractivity contribution in [1.82, 2.24) is 10.2 Å². The molecule has 7 nitrogen and oxygen atoms in total. The summed E-state index contributed by atoms with van der Waals surface area (Å²) in [5.74, 6) is -2.96. The van der Waals surface area contributed by atoms with Gasteiger partial charge in [-0.15, -0.1) is 0 Å². The molecule has 0 heterocycles. The summed E-state index contributed by atoms with van der Waals surface area (Å²) in [6.45, 7) is 5.37. The van der Waals surface area contributed by atoms with Crippen LogP contribution in [-0.2, 0) is 26.2 Å². The predicted octanol–water partition coefficient (Wildman–Crippen LogP) is 4.50. The monoisotopic (exact) mass is 543 g/mol. The lowest BCUT2D eigenvalue weighted by molar-refractivity contribution is -0.140. The van der Waals surface area contributed by atoms with Crippen molar-refractivity contribution in [3.8, 4) is 0 Å². The maximum Gasteiger partial charge on any atom is 0.242 e. The second kappa shape index (κ2) is 13.0. The third-order valence-electron chi connectivity index (χ3n) is 5.81. The van der Waals surface area contributed by atoms with E-state index < -0.39 is 27.7 Å². The van der Waals surface area contributed by atoms with Gasteiger partial charge in [0.05, 0.1) is 11.9 Å². The minimum atomic E-state index is -3.83. The summed E-state index contributed by atoms with van der Waals surface area (Å²) in [5, 5.41) is 3.32. The number of rotatable bonds is 12. The fourth-order valence-corrected chi connectivity index (χ4v) is 4.66. The lowest BCUT2D eigenvalue weighted by Crippen LogP contribution is -2.49. The molecule has 0 fully saturated rings. The van der Waals surface area contributed by atoms with E-state index in [4.69, 9.17) is 11.6 Å². The van der Waals surface area contributed by atoms with Gasteiger partial charge in [-0.25, -0.2) is 17.2 Å². The van der Waals surface area contributed by atoms with E-state index in [1.165, 1.54) is 4.90 Å². The van der Waals surface area contributed by atoms with Crippen LogP contribution in [-0.4, -0.2) is 50.0 Å². The molecular formula is C25H32ClF2N3O4S. The van der Waals surface area contributed by atoms with Gasteiger partial charge in [-0.2, -0.15) is 0 Å². The summed E-state index contributed by atoms with van der Waals surface area (Å²) >= 11 is 6.28. The van der Waals surface area contributed by atoms with E-state index in [9.17, 15) is 26.8 Å². The Balaban J connectivity index is 2.20. The molecule has 2 rings (SSSR count). The van der Waals surface area contributed by atoms with E-state index in [0.29, 0.717) is 10.6 Å². The van der Waals surface area contributed by atoms with Gasteiger partial charge >= 0.3 is 0 Å². The molecule has 0 bridgehead atoms. The maximum atomic E-state index is 13.7. The van der Waals surface area contributed by atoms with Gasteiger partial charge in [0.15, 0.2) is 11.6 Å². The Bertz CT molecular complexity index is 1180. The molecule has 2 amide bonds. The Hall–Kier alpha value is -2.72. The average Bonchev–Trinajstić information content (AvgIpc) is 2.81. The molecule has 0 spiro atoms. The van der Waals surface area contributed by atoms with E-state index in [-0.39, 0.29) is 49.5 Å². The zero-order valence-electron chi connectivity index (χ0n) is 20.8. The van der Waals surface area contributed by atoms with E-state index in [0.717, 1.165) is 35.2 Å². The zero-order valence-corrected chi connectivity index (χ0v) is 22.4. The third-order valence-corrected chi connectivity index (χ3v) is 7.37. The molecule has 0 aromatic heterocycles. The summed E-state index contributed by atoms with van der Waals surface area (Å²) in [4.78, 5) is 27.5. The first-order valence-corrected chi connectivity index (χ1v) is 13.8. The van der Waals surface area contributed by atoms with Crippen LogP contribution < -0.4 is 9.62 Å². The topological polar surface area (TPSA) is 86.8 Å². The number of sulfonamides is 1. The normalized spacial score (nSPS) is 13.1. The molecule has 1 N–H and O–H groups in total. The quantitative estimate of drug-likeness (QED) is 0.427. The van der Waals surface area contributed by atoms with Crippen LogP contribution >= 0.6 is 11.6 Å². The molecule has 0 saturated heterocycles. The van der Waals surface area contributed by atoms with E-state index in [1.807, 2.05) is 13.8 Å². The molecule has 0 radical (unpaired) electrons. The number of amides is 2. The highest BCUT2D eigenvalue weighted by Crippen LogP contribution is 2.22. The van der Waals surface area contributed by atoms with Crippen molar-refractivity contribution in [3.05, 3.63) is 64.7 Å². The van der Waals surface area contributed by atoms with Gasteiger partial charge in [0.25, 0.3) is 0 Å². The highest BCUT2D eigenvalue weighted by Gasteiger charge is 2.28. The number of anilines is 1. The third kappa shape index (κ3) is 8.16. The van der Waals surface area contributed by atoms with Crippen LogP contribution in [0.1, 0.15) is 45.6 Å². The first-order valence-electron chi connectivity index (χ1n) is 11.6. The van der Waals surface area contributed by atoms with Crippen molar-refractivity contribution in [2.75, 3.05) is 17.1 Å². The minimum absolute atomic E-state index is 0.0435. The first-order chi connectivity index (χ1) is 16.8. The SMILES string of the molecule is CC[C@H](C)NC(=O)[C@H](C)N(Cc1ccccc1Cl)C(=O)CCCN(c1ccc(F)c(F)c1)S(C)(=O)=O. The zero-order chi connectivity index (χ0) is 27.0. The molecule has 2 aromatic carbocycles. The summed E-state index contributed by atoms with van der Waals surface area (Å²) in [7, 11) is -3.83. The van der Waals surface area contributed by atoms with Gasteiger partial charge in [0, 0.05) is 36.6 Å². The van der Waals surface area contributed by atoms with Crippen LogP contribution in [0.4, 0.5) is 14.5 Å². The molecular weight excluding hydrogens is 512 g/mol. The van der Waals surface area contributed by atoms with Crippen LogP contribution in [0.2, 0.25) is 5.02 Å². The Morgan fingerprint density at radius 2 is 1.75 bits per heavy atom. The number of nitrogens with zero attached hydrogens (tertiary/aromatic N) is 2. The molecule has 2 aromatic rings. The van der Waals surface area contributed by atoms with Crippen LogP contribution in [0.15, 0.2) is 42.5 Å². The fourth-order valence-electron chi connectivity index (χ4n) is 3.50. The van der Waals surface area contributed by atoms with Gasteiger partial charge < -0.3 is 10.2 Å². The summed E-state index contributed by atoms with van der Waals surface area (Å²) < 4.78 is 52.5. The number of nitrogens with one attached hydrogen (secondary N) is 1. The lowest BCUT2D eigenvalue weighted by Gasteiger charge is -2.30. The van der Waals surface area contributed by atoms with Crippen molar-refractivity contribution >= 4 is 39.1 Å². The molecule has 0 unspecified atom stereocenters. The predicted molar refractivity (Wildman–Crippen MR) is 137 cm³/mol. The Kier molecular flexibility index (Phi) is 10.7. The number of carbonyl (C=O) groups is 2. The van der Waals surface area contributed by atoms with Crippen LogP contribution in [0.5, 0.6) is 0 Å². The van der Waals surface area contributed by atoms with Crippen molar-refractivity contribution in [1.29, 1.82) is 0 Å². The van der Waals surface area contributed by atoms with Gasteiger partial charge in [0.1, 0.15) is 6.04 Å². The Labute approximate surface area is 216 Å². The highest BCUT2D eigenvalue weighted by molar-refractivity contribution is 7.92. The molecule has 2 atom stereocenters. The second-order valence-corrected chi connectivity index (χ2v) is 11.0. The van der Waals surface area contributed by atoms with Gasteiger partial charge in [0.2, 0.25) is 21.8 Å². The van der Waals surface area contributed by atoms with E-state index in [1.54, 1.807) is 31.2 Å². The first kappa shape index (κ1) is 29.5. The molecule has 0 aliphatic carbocycles. The second-order valence-electron chi connectivity index (χ2n) is 8.64. The minimum Gasteiger partial charge on any atom is -0.352 e. The van der Waals surface area contributed by atoms with Crippen molar-refractivity contribution < 1.29 is 26.8 Å².